The van der Waals surface area contributed by atoms with Crippen molar-refractivity contribution in [3.05, 3.63) is 39.3 Å². The number of aromatic nitrogens is 1. The standard InChI is InChI=1S/C14H12Cl2F3N3O2S2/c15-9-2-1-3-10(16)12(9)26(23,24)22-6-4-21(5-7-22)13-20-8-11(25-13)14(17,18)19/h1-3,8H,4-7H2. The number of nitrogens with zero attached hydrogens (tertiary/aromatic N) is 3. The highest BCUT2D eigenvalue weighted by atomic mass is 35.5. The summed E-state index contributed by atoms with van der Waals surface area (Å²) in [5.74, 6) is 0. The van der Waals surface area contributed by atoms with Crippen molar-refractivity contribution in [1.82, 2.24) is 9.29 Å². The smallest absolute Gasteiger partial charge is 0.345 e. The second-order valence-electron chi connectivity index (χ2n) is 5.45. The molecule has 1 aliphatic rings. The number of alkyl halides is 3. The molecule has 0 bridgehead atoms. The molecule has 142 valence electrons. The van der Waals surface area contributed by atoms with Crippen molar-refractivity contribution < 1.29 is 21.6 Å². The van der Waals surface area contributed by atoms with E-state index in [1.54, 1.807) is 11.0 Å². The molecular weight excluding hydrogens is 434 g/mol. The first-order valence-corrected chi connectivity index (χ1v) is 10.3. The number of piperazine rings is 1. The molecule has 26 heavy (non-hydrogen) atoms. The zero-order valence-corrected chi connectivity index (χ0v) is 16.1. The van der Waals surface area contributed by atoms with Crippen LogP contribution in [0.3, 0.4) is 0 Å². The van der Waals surface area contributed by atoms with Gasteiger partial charge >= 0.3 is 6.18 Å². The lowest BCUT2D eigenvalue weighted by Gasteiger charge is -2.34. The zero-order chi connectivity index (χ0) is 19.1. The largest absolute Gasteiger partial charge is 0.427 e. The molecule has 0 amide bonds. The summed E-state index contributed by atoms with van der Waals surface area (Å²) in [7, 11) is -3.90. The highest BCUT2D eigenvalue weighted by Gasteiger charge is 2.36. The number of benzene rings is 1. The number of thiazole rings is 1. The maximum absolute atomic E-state index is 12.8. The third-order valence-corrected chi connectivity index (χ3v) is 7.76. The minimum atomic E-state index is -4.44. The highest BCUT2D eigenvalue weighted by molar-refractivity contribution is 7.89. The van der Waals surface area contributed by atoms with Gasteiger partial charge in [-0.1, -0.05) is 40.6 Å². The molecule has 1 aromatic carbocycles. The van der Waals surface area contributed by atoms with E-state index in [-0.39, 0.29) is 46.3 Å². The fourth-order valence-corrected chi connectivity index (χ4v) is 5.87. The summed E-state index contributed by atoms with van der Waals surface area (Å²) in [4.78, 5) is 4.47. The quantitative estimate of drug-likeness (QED) is 0.716. The Labute approximate surface area is 162 Å². The van der Waals surface area contributed by atoms with E-state index in [2.05, 4.69) is 4.98 Å². The molecule has 0 spiro atoms. The van der Waals surface area contributed by atoms with Crippen molar-refractivity contribution in [2.75, 3.05) is 31.1 Å². The van der Waals surface area contributed by atoms with Crippen LogP contribution in [0.5, 0.6) is 0 Å². The van der Waals surface area contributed by atoms with E-state index in [0.29, 0.717) is 11.3 Å². The van der Waals surface area contributed by atoms with E-state index in [1.165, 1.54) is 16.4 Å². The van der Waals surface area contributed by atoms with Gasteiger partial charge in [-0.2, -0.15) is 17.5 Å². The molecule has 1 fully saturated rings. The summed E-state index contributed by atoms with van der Waals surface area (Å²) in [5, 5.41) is 0.259. The van der Waals surface area contributed by atoms with Gasteiger partial charge in [-0.15, -0.1) is 0 Å². The van der Waals surface area contributed by atoms with Gasteiger partial charge in [0.1, 0.15) is 9.77 Å². The van der Waals surface area contributed by atoms with Gasteiger partial charge in [0.15, 0.2) is 5.13 Å². The predicted molar refractivity (Wildman–Crippen MR) is 94.5 cm³/mol. The molecule has 0 N–H and O–H groups in total. The Morgan fingerprint density at radius 2 is 1.65 bits per heavy atom. The minimum absolute atomic E-state index is 0.0228. The van der Waals surface area contributed by atoms with Crippen molar-refractivity contribution in [1.29, 1.82) is 0 Å². The lowest BCUT2D eigenvalue weighted by atomic mass is 10.4. The van der Waals surface area contributed by atoms with E-state index in [9.17, 15) is 21.6 Å². The Kier molecular flexibility index (Phi) is 5.42. The SMILES string of the molecule is O=S(=O)(c1c(Cl)cccc1Cl)N1CCN(c2ncc(C(F)(F)F)s2)CC1. The van der Waals surface area contributed by atoms with E-state index >= 15 is 0 Å². The molecule has 12 heteroatoms. The molecule has 1 aromatic heterocycles. The Balaban J connectivity index is 1.75. The van der Waals surface area contributed by atoms with Crippen LogP contribution in [0.4, 0.5) is 18.3 Å². The Hall–Kier alpha value is -1.07. The topological polar surface area (TPSA) is 53.5 Å². The fourth-order valence-electron chi connectivity index (χ4n) is 2.52. The summed E-state index contributed by atoms with van der Waals surface area (Å²) < 4.78 is 64.9. The van der Waals surface area contributed by atoms with Crippen molar-refractivity contribution in [2.45, 2.75) is 11.1 Å². The third-order valence-electron chi connectivity index (χ3n) is 3.80. The lowest BCUT2D eigenvalue weighted by molar-refractivity contribution is -0.134. The van der Waals surface area contributed by atoms with Crippen LogP contribution in [0.25, 0.3) is 0 Å². The molecule has 0 atom stereocenters. The normalized spacial score (nSPS) is 16.9. The van der Waals surface area contributed by atoms with Crippen molar-refractivity contribution in [3.63, 3.8) is 0 Å². The third kappa shape index (κ3) is 3.79. The fraction of sp³-hybridized carbons (Fsp3) is 0.357. The summed E-state index contributed by atoms with van der Waals surface area (Å²) in [6, 6.07) is 4.41. The maximum Gasteiger partial charge on any atom is 0.427 e. The van der Waals surface area contributed by atoms with E-state index in [1.807, 2.05) is 0 Å². The Morgan fingerprint density at radius 3 is 2.15 bits per heavy atom. The van der Waals surface area contributed by atoms with Gasteiger partial charge in [0.2, 0.25) is 10.0 Å². The Morgan fingerprint density at radius 1 is 1.08 bits per heavy atom. The average molecular weight is 446 g/mol. The van der Waals surface area contributed by atoms with Crippen molar-refractivity contribution in [3.8, 4) is 0 Å². The summed E-state index contributed by atoms with van der Waals surface area (Å²) >= 11 is 12.5. The first-order chi connectivity index (χ1) is 12.1. The minimum Gasteiger partial charge on any atom is -0.345 e. The first kappa shape index (κ1) is 19.7. The number of rotatable bonds is 3. The number of sulfonamides is 1. The van der Waals surface area contributed by atoms with Crippen LogP contribution in [-0.4, -0.2) is 43.9 Å². The second kappa shape index (κ2) is 7.16. The first-order valence-electron chi connectivity index (χ1n) is 7.33. The van der Waals surface area contributed by atoms with Crippen LogP contribution in [0.15, 0.2) is 29.3 Å². The molecular formula is C14H12Cl2F3N3O2S2. The van der Waals surface area contributed by atoms with E-state index in [0.717, 1.165) is 6.20 Å². The summed E-state index contributed by atoms with van der Waals surface area (Å²) in [5.41, 5.74) is 0. The predicted octanol–water partition coefficient (Wildman–Crippen LogP) is 3.98. The molecule has 3 rings (SSSR count). The molecule has 2 aromatic rings. The summed E-state index contributed by atoms with van der Waals surface area (Å²) in [6.07, 6.45) is -3.66. The molecule has 0 saturated carbocycles. The Bertz CT molecular complexity index is 890. The van der Waals surface area contributed by atoms with E-state index in [4.69, 9.17) is 23.2 Å². The maximum atomic E-state index is 12.8. The van der Waals surface area contributed by atoms with Crippen molar-refractivity contribution >= 4 is 49.7 Å². The molecule has 1 aliphatic heterocycles. The van der Waals surface area contributed by atoms with Crippen molar-refractivity contribution in [2.24, 2.45) is 0 Å². The van der Waals surface area contributed by atoms with Crippen LogP contribution < -0.4 is 4.90 Å². The van der Waals surface area contributed by atoms with Gasteiger partial charge in [0, 0.05) is 26.2 Å². The monoisotopic (exact) mass is 445 g/mol. The lowest BCUT2D eigenvalue weighted by Crippen LogP contribution is -2.48. The van der Waals surface area contributed by atoms with Crippen LogP contribution in [0, 0.1) is 0 Å². The van der Waals surface area contributed by atoms with E-state index < -0.39 is 21.1 Å². The van der Waals surface area contributed by atoms with Crippen LogP contribution >= 0.6 is 34.5 Å². The molecule has 0 radical (unpaired) electrons. The van der Waals surface area contributed by atoms with Gasteiger partial charge in [0.25, 0.3) is 0 Å². The molecule has 5 nitrogen and oxygen atoms in total. The van der Waals surface area contributed by atoms with Gasteiger partial charge in [-0.25, -0.2) is 13.4 Å². The molecule has 0 unspecified atom stereocenters. The molecule has 2 heterocycles. The summed E-state index contributed by atoms with van der Waals surface area (Å²) in [6.45, 7) is 0.605. The highest BCUT2D eigenvalue weighted by Crippen LogP contribution is 2.37. The number of anilines is 1. The van der Waals surface area contributed by atoms with Crippen LogP contribution in [0.2, 0.25) is 10.0 Å². The van der Waals surface area contributed by atoms with Gasteiger partial charge in [-0.05, 0) is 12.1 Å². The zero-order valence-electron chi connectivity index (χ0n) is 13.0. The number of hydrogen-bond donors (Lipinski definition) is 0. The number of halogens is 5. The van der Waals surface area contributed by atoms with Crippen LogP contribution in [0.1, 0.15) is 4.88 Å². The van der Waals surface area contributed by atoms with Gasteiger partial charge in [-0.3, -0.25) is 0 Å². The molecule has 0 aliphatic carbocycles. The molecule has 1 saturated heterocycles. The van der Waals surface area contributed by atoms with Gasteiger partial charge < -0.3 is 4.90 Å². The van der Waals surface area contributed by atoms with Crippen LogP contribution in [-0.2, 0) is 16.2 Å². The van der Waals surface area contributed by atoms with Gasteiger partial charge in [0.05, 0.1) is 16.2 Å². The number of hydrogen-bond acceptors (Lipinski definition) is 5. The second-order valence-corrected chi connectivity index (χ2v) is 9.15. The average Bonchev–Trinajstić information content (AvgIpc) is 3.05.